The Morgan fingerprint density at radius 1 is 1.57 bits per heavy atom. The fourth-order valence-electron chi connectivity index (χ4n) is 2.80. The number of hydrogen-bond acceptors (Lipinski definition) is 5. The summed E-state index contributed by atoms with van der Waals surface area (Å²) < 4.78 is 7.64. The second-order valence-corrected chi connectivity index (χ2v) is 6.30. The zero-order valence-corrected chi connectivity index (χ0v) is 13.8. The van der Waals surface area contributed by atoms with Crippen LogP contribution in [0.4, 0.5) is 5.82 Å². The molecule has 23 heavy (non-hydrogen) atoms. The third-order valence-electron chi connectivity index (χ3n) is 4.43. The van der Waals surface area contributed by atoms with Crippen LogP contribution >= 0.6 is 11.6 Å². The molecule has 0 aliphatic carbocycles. The number of nitrogens with zero attached hydrogens (tertiary/aromatic N) is 4. The number of rotatable bonds is 4. The highest BCUT2D eigenvalue weighted by Crippen LogP contribution is 2.41. The van der Waals surface area contributed by atoms with Crippen LogP contribution in [-0.2, 0) is 6.54 Å². The number of hydrogen-bond donors (Lipinski definition) is 0. The van der Waals surface area contributed by atoms with Crippen LogP contribution in [0.25, 0.3) is 0 Å². The Morgan fingerprint density at radius 3 is 2.91 bits per heavy atom. The van der Waals surface area contributed by atoms with Gasteiger partial charge >= 0.3 is 11.8 Å². The van der Waals surface area contributed by atoms with E-state index in [0.29, 0.717) is 11.6 Å². The van der Waals surface area contributed by atoms with Gasteiger partial charge in [-0.2, -0.15) is 0 Å². The lowest BCUT2D eigenvalue weighted by Crippen LogP contribution is -2.49. The summed E-state index contributed by atoms with van der Waals surface area (Å²) >= 11 is 6.03. The number of benzene rings is 1. The largest absolute Gasteiger partial charge is 0.422 e. The molecule has 0 N–H and O–H groups in total. The molecule has 1 aliphatic rings. The van der Waals surface area contributed by atoms with Crippen LogP contribution in [0.3, 0.4) is 0 Å². The smallest absolute Gasteiger partial charge is 0.416 e. The van der Waals surface area contributed by atoms with Crippen molar-refractivity contribution in [3.8, 4) is 6.01 Å². The Kier molecular flexibility index (Phi) is 3.77. The van der Waals surface area contributed by atoms with E-state index in [1.165, 1.54) is 6.20 Å². The van der Waals surface area contributed by atoms with Crippen molar-refractivity contribution in [3.63, 3.8) is 0 Å². The van der Waals surface area contributed by atoms with E-state index in [1.54, 1.807) is 4.57 Å². The fraction of sp³-hybridized carbons (Fsp3) is 0.400. The summed E-state index contributed by atoms with van der Waals surface area (Å²) in [4.78, 5) is 16.3. The number of imidazole rings is 1. The Balaban J connectivity index is 1.82. The molecular weight excluding hydrogens is 320 g/mol. The van der Waals surface area contributed by atoms with Crippen LogP contribution in [-0.4, -0.2) is 32.1 Å². The SMILES string of the molecule is CC1n2cc([N+](=O)[O-])nc2O[C@]1(C)N(C)Cc1cccc(Cl)c1. The number of fused-ring (bicyclic) bond motifs is 1. The lowest BCUT2D eigenvalue weighted by Gasteiger charge is -2.36. The molecule has 2 aromatic rings. The van der Waals surface area contributed by atoms with Crippen molar-refractivity contribution < 1.29 is 9.66 Å². The van der Waals surface area contributed by atoms with Crippen LogP contribution in [0, 0.1) is 10.1 Å². The standard InChI is InChI=1S/C15H17ClN4O3/c1-10-15(2,18(3)8-11-5-4-6-12(16)7-11)23-14-17-13(20(21)22)9-19(10)14/h4-7,9-10H,8H2,1-3H3/t10?,15-/m0/s1. The summed E-state index contributed by atoms with van der Waals surface area (Å²) in [7, 11) is 1.94. The van der Waals surface area contributed by atoms with Crippen molar-refractivity contribution in [2.24, 2.45) is 0 Å². The molecule has 0 amide bonds. The van der Waals surface area contributed by atoms with Crippen LogP contribution in [0.5, 0.6) is 6.01 Å². The third kappa shape index (κ3) is 2.66. The van der Waals surface area contributed by atoms with Crippen molar-refractivity contribution in [1.29, 1.82) is 0 Å². The molecular formula is C15H17ClN4O3. The van der Waals surface area contributed by atoms with E-state index in [2.05, 4.69) is 4.98 Å². The second-order valence-electron chi connectivity index (χ2n) is 5.86. The van der Waals surface area contributed by atoms with Crippen molar-refractivity contribution in [3.05, 3.63) is 51.2 Å². The Hall–Kier alpha value is -2.12. The summed E-state index contributed by atoms with van der Waals surface area (Å²) in [6, 6.07) is 7.78. The number of ether oxygens (including phenoxy) is 1. The molecule has 3 rings (SSSR count). The van der Waals surface area contributed by atoms with E-state index in [0.717, 1.165) is 5.56 Å². The van der Waals surface area contributed by atoms with Gasteiger partial charge in [0.1, 0.15) is 6.20 Å². The van der Waals surface area contributed by atoms with Crippen molar-refractivity contribution in [2.75, 3.05) is 7.05 Å². The van der Waals surface area contributed by atoms with E-state index < -0.39 is 10.6 Å². The van der Waals surface area contributed by atoms with Crippen molar-refractivity contribution in [1.82, 2.24) is 14.5 Å². The van der Waals surface area contributed by atoms with E-state index in [4.69, 9.17) is 16.3 Å². The number of likely N-dealkylation sites (N-methyl/N-ethyl adjacent to an activating group) is 1. The summed E-state index contributed by atoms with van der Waals surface area (Å²) in [6.07, 6.45) is 1.42. The first-order valence-electron chi connectivity index (χ1n) is 7.19. The molecule has 0 saturated carbocycles. The van der Waals surface area contributed by atoms with Gasteiger partial charge in [0.05, 0.1) is 6.04 Å². The van der Waals surface area contributed by atoms with Gasteiger partial charge in [-0.15, -0.1) is 0 Å². The summed E-state index contributed by atoms with van der Waals surface area (Å²) in [5, 5.41) is 11.5. The van der Waals surface area contributed by atoms with Gasteiger partial charge in [0.25, 0.3) is 0 Å². The average molecular weight is 337 g/mol. The van der Waals surface area contributed by atoms with E-state index in [-0.39, 0.29) is 17.9 Å². The monoisotopic (exact) mass is 336 g/mol. The Morgan fingerprint density at radius 2 is 2.30 bits per heavy atom. The quantitative estimate of drug-likeness (QED) is 0.633. The number of nitro groups is 1. The zero-order valence-electron chi connectivity index (χ0n) is 13.1. The summed E-state index contributed by atoms with van der Waals surface area (Å²) in [5.41, 5.74) is 0.410. The first-order valence-corrected chi connectivity index (χ1v) is 7.57. The van der Waals surface area contributed by atoms with E-state index in [9.17, 15) is 10.1 Å². The molecule has 0 saturated heterocycles. The van der Waals surface area contributed by atoms with Gasteiger partial charge in [0.15, 0.2) is 5.72 Å². The number of aromatic nitrogens is 2. The maximum atomic E-state index is 10.8. The molecule has 8 heteroatoms. The van der Waals surface area contributed by atoms with Crippen LogP contribution in [0.2, 0.25) is 5.02 Å². The molecule has 1 aromatic heterocycles. The molecule has 7 nitrogen and oxygen atoms in total. The molecule has 1 aliphatic heterocycles. The van der Waals surface area contributed by atoms with Gasteiger partial charge in [0.2, 0.25) is 0 Å². The highest BCUT2D eigenvalue weighted by molar-refractivity contribution is 6.30. The second kappa shape index (κ2) is 5.50. The maximum absolute atomic E-state index is 10.8. The van der Waals surface area contributed by atoms with Crippen LogP contribution in [0.15, 0.2) is 30.5 Å². The van der Waals surface area contributed by atoms with Gasteiger partial charge in [-0.1, -0.05) is 23.7 Å². The molecule has 0 spiro atoms. The minimum absolute atomic E-state index is 0.122. The Labute approximate surface area is 138 Å². The van der Waals surface area contributed by atoms with Crippen molar-refractivity contribution >= 4 is 17.4 Å². The molecule has 2 atom stereocenters. The lowest BCUT2D eigenvalue weighted by molar-refractivity contribution is -0.389. The predicted molar refractivity (Wildman–Crippen MR) is 85.5 cm³/mol. The topological polar surface area (TPSA) is 73.4 Å². The maximum Gasteiger partial charge on any atom is 0.416 e. The Bertz CT molecular complexity index is 763. The fourth-order valence-corrected chi connectivity index (χ4v) is 3.01. The third-order valence-corrected chi connectivity index (χ3v) is 4.66. The van der Waals surface area contributed by atoms with Gasteiger partial charge in [-0.25, -0.2) is 0 Å². The first kappa shape index (κ1) is 15.8. The van der Waals surface area contributed by atoms with Gasteiger partial charge in [0, 0.05) is 16.6 Å². The zero-order chi connectivity index (χ0) is 16.8. The molecule has 0 fully saturated rings. The first-order chi connectivity index (χ1) is 10.8. The van der Waals surface area contributed by atoms with Crippen LogP contribution < -0.4 is 4.74 Å². The van der Waals surface area contributed by atoms with E-state index >= 15 is 0 Å². The van der Waals surface area contributed by atoms with Crippen LogP contribution in [0.1, 0.15) is 25.5 Å². The van der Waals surface area contributed by atoms with Gasteiger partial charge in [-0.3, -0.25) is 9.47 Å². The van der Waals surface area contributed by atoms with Gasteiger partial charge in [-0.05, 0) is 43.5 Å². The highest BCUT2D eigenvalue weighted by Gasteiger charge is 2.49. The van der Waals surface area contributed by atoms with Crippen molar-refractivity contribution in [2.45, 2.75) is 32.2 Å². The normalized spacial score (nSPS) is 22.9. The lowest BCUT2D eigenvalue weighted by atomic mass is 10.1. The molecule has 0 radical (unpaired) electrons. The van der Waals surface area contributed by atoms with Gasteiger partial charge < -0.3 is 14.9 Å². The molecule has 1 aromatic carbocycles. The summed E-state index contributed by atoms with van der Waals surface area (Å²) in [5.74, 6) is -0.202. The molecule has 0 bridgehead atoms. The molecule has 122 valence electrons. The predicted octanol–water partition coefficient (Wildman–Crippen LogP) is 3.25. The van der Waals surface area contributed by atoms with E-state index in [1.807, 2.05) is 50.1 Å². The summed E-state index contributed by atoms with van der Waals surface area (Å²) in [6.45, 7) is 4.54. The minimum atomic E-state index is -0.653. The molecule has 2 heterocycles. The molecule has 1 unspecified atom stereocenters. The minimum Gasteiger partial charge on any atom is -0.422 e. The number of halogens is 1. The highest BCUT2D eigenvalue weighted by atomic mass is 35.5. The average Bonchev–Trinajstić information content (AvgIpc) is 2.99.